The highest BCUT2D eigenvalue weighted by Crippen LogP contribution is 2.23. The van der Waals surface area contributed by atoms with Crippen molar-refractivity contribution in [2.45, 2.75) is 65.2 Å². The van der Waals surface area contributed by atoms with Gasteiger partial charge in [-0.3, -0.25) is 0 Å². The normalized spacial score (nSPS) is 11.0. The van der Waals surface area contributed by atoms with Crippen LogP contribution in [0.5, 0.6) is 0 Å². The van der Waals surface area contributed by atoms with Gasteiger partial charge in [0, 0.05) is 23.5 Å². The first-order valence-electron chi connectivity index (χ1n) is 10.9. The number of aryl methyl sites for hydroxylation is 2. The van der Waals surface area contributed by atoms with Gasteiger partial charge in [-0.25, -0.2) is 14.4 Å². The predicted octanol–water partition coefficient (Wildman–Crippen LogP) is 7.42. The van der Waals surface area contributed by atoms with Gasteiger partial charge in [0.05, 0.1) is 0 Å². The Morgan fingerprint density at radius 1 is 0.690 bits per heavy atom. The molecule has 0 aliphatic heterocycles. The van der Waals surface area contributed by atoms with Gasteiger partial charge in [-0.2, -0.15) is 0 Å². The smallest absolute Gasteiger partial charge is 0.159 e. The molecule has 1 heterocycles. The third kappa shape index (κ3) is 5.96. The lowest BCUT2D eigenvalue weighted by atomic mass is 10.0. The molecule has 0 amide bonds. The summed E-state index contributed by atoms with van der Waals surface area (Å²) in [6, 6.07) is 14.0. The molecule has 2 aromatic carbocycles. The Labute approximate surface area is 174 Å². The molecule has 0 aliphatic carbocycles. The summed E-state index contributed by atoms with van der Waals surface area (Å²) in [6.07, 6.45) is 12.6. The highest BCUT2D eigenvalue weighted by Gasteiger charge is 2.08. The molecule has 0 radical (unpaired) electrons. The van der Waals surface area contributed by atoms with Crippen molar-refractivity contribution < 1.29 is 4.39 Å². The van der Waals surface area contributed by atoms with Gasteiger partial charge >= 0.3 is 0 Å². The van der Waals surface area contributed by atoms with Gasteiger partial charge in [0.1, 0.15) is 5.82 Å². The minimum Gasteiger partial charge on any atom is -0.236 e. The van der Waals surface area contributed by atoms with Gasteiger partial charge in [-0.1, -0.05) is 75.9 Å². The molecule has 0 bridgehead atoms. The highest BCUT2D eigenvalue weighted by molar-refractivity contribution is 5.64. The maximum Gasteiger partial charge on any atom is 0.159 e. The lowest BCUT2D eigenvalue weighted by Crippen LogP contribution is -1.95. The summed E-state index contributed by atoms with van der Waals surface area (Å²) in [5.74, 6) is 0.397. The summed E-state index contributed by atoms with van der Waals surface area (Å²) in [5.41, 5.74) is 4.95. The van der Waals surface area contributed by atoms with Gasteiger partial charge in [0.2, 0.25) is 0 Å². The number of halogens is 1. The Morgan fingerprint density at radius 2 is 1.31 bits per heavy atom. The Balaban J connectivity index is 1.67. The maximum atomic E-state index is 14.4. The lowest BCUT2D eigenvalue weighted by molar-refractivity contribution is 0.599. The Morgan fingerprint density at radius 3 is 1.93 bits per heavy atom. The predicted molar refractivity (Wildman–Crippen MR) is 119 cm³/mol. The van der Waals surface area contributed by atoms with Gasteiger partial charge < -0.3 is 0 Å². The molecule has 0 saturated heterocycles. The van der Waals surface area contributed by atoms with Crippen molar-refractivity contribution in [3.8, 4) is 22.5 Å². The van der Waals surface area contributed by atoms with E-state index >= 15 is 0 Å². The SMILES string of the molecule is CCCCCc1ccc(-c2cnc(-c3ccc(CCCCC)c(F)c3)nc2)cc1. The highest BCUT2D eigenvalue weighted by atomic mass is 19.1. The molecule has 0 atom stereocenters. The monoisotopic (exact) mass is 390 g/mol. The van der Waals surface area contributed by atoms with Crippen LogP contribution in [0, 0.1) is 5.82 Å². The number of aromatic nitrogens is 2. The molecule has 1 aromatic heterocycles. The number of hydrogen-bond acceptors (Lipinski definition) is 2. The molecule has 152 valence electrons. The van der Waals surface area contributed by atoms with Crippen LogP contribution in [0.3, 0.4) is 0 Å². The summed E-state index contributed by atoms with van der Waals surface area (Å²) >= 11 is 0. The van der Waals surface area contributed by atoms with Crippen LogP contribution in [-0.4, -0.2) is 9.97 Å². The fourth-order valence-corrected chi connectivity index (χ4v) is 3.52. The van der Waals surface area contributed by atoms with Crippen LogP contribution in [0.15, 0.2) is 54.9 Å². The quantitative estimate of drug-likeness (QED) is 0.337. The van der Waals surface area contributed by atoms with Gasteiger partial charge in [-0.15, -0.1) is 0 Å². The Kier molecular flexibility index (Phi) is 7.92. The van der Waals surface area contributed by atoms with Crippen molar-refractivity contribution in [3.05, 3.63) is 71.8 Å². The van der Waals surface area contributed by atoms with Crippen molar-refractivity contribution in [1.29, 1.82) is 0 Å². The van der Waals surface area contributed by atoms with Crippen molar-refractivity contribution in [2.24, 2.45) is 0 Å². The molecule has 3 heteroatoms. The van der Waals surface area contributed by atoms with E-state index < -0.39 is 0 Å². The molecule has 29 heavy (non-hydrogen) atoms. The summed E-state index contributed by atoms with van der Waals surface area (Å²) in [4.78, 5) is 8.95. The molecule has 0 saturated carbocycles. The van der Waals surface area contributed by atoms with E-state index in [1.165, 1.54) is 24.8 Å². The number of rotatable bonds is 10. The first-order valence-corrected chi connectivity index (χ1v) is 10.9. The first-order chi connectivity index (χ1) is 14.2. The van der Waals surface area contributed by atoms with E-state index in [0.717, 1.165) is 54.4 Å². The van der Waals surface area contributed by atoms with Gasteiger partial charge in [0.25, 0.3) is 0 Å². The van der Waals surface area contributed by atoms with Crippen LogP contribution in [0.1, 0.15) is 63.5 Å². The number of nitrogens with zero attached hydrogens (tertiary/aromatic N) is 2. The maximum absolute atomic E-state index is 14.4. The second-order valence-electron chi connectivity index (χ2n) is 7.71. The van der Waals surface area contributed by atoms with Crippen LogP contribution >= 0.6 is 0 Å². The molecule has 2 nitrogen and oxygen atoms in total. The zero-order chi connectivity index (χ0) is 20.5. The molecule has 0 spiro atoms. The topological polar surface area (TPSA) is 25.8 Å². The van der Waals surface area contributed by atoms with E-state index in [1.807, 2.05) is 24.5 Å². The third-order valence-corrected chi connectivity index (χ3v) is 5.37. The number of hydrogen-bond donors (Lipinski definition) is 0. The molecule has 0 N–H and O–H groups in total. The fourth-order valence-electron chi connectivity index (χ4n) is 3.52. The van der Waals surface area contributed by atoms with Crippen LogP contribution in [0.2, 0.25) is 0 Å². The molecule has 0 aliphatic rings. The van der Waals surface area contributed by atoms with E-state index in [0.29, 0.717) is 5.82 Å². The largest absolute Gasteiger partial charge is 0.236 e. The van der Waals surface area contributed by atoms with Crippen LogP contribution < -0.4 is 0 Å². The average molecular weight is 391 g/mol. The molecule has 0 unspecified atom stereocenters. The van der Waals surface area contributed by atoms with Gasteiger partial charge in [-0.05, 0) is 48.4 Å². The number of benzene rings is 2. The molecule has 3 aromatic rings. The lowest BCUT2D eigenvalue weighted by Gasteiger charge is -2.07. The Hall–Kier alpha value is -2.55. The summed E-state index contributed by atoms with van der Waals surface area (Å²) in [6.45, 7) is 4.38. The fraction of sp³-hybridized carbons (Fsp3) is 0.385. The minimum atomic E-state index is -0.162. The second kappa shape index (κ2) is 10.8. The van der Waals surface area contributed by atoms with Gasteiger partial charge in [0.15, 0.2) is 5.82 Å². The van der Waals surface area contributed by atoms with Crippen molar-refractivity contribution in [3.63, 3.8) is 0 Å². The summed E-state index contributed by atoms with van der Waals surface area (Å²) < 4.78 is 14.4. The first kappa shape index (κ1) is 21.2. The average Bonchev–Trinajstić information content (AvgIpc) is 2.76. The van der Waals surface area contributed by atoms with E-state index in [-0.39, 0.29) is 5.82 Å². The van der Waals surface area contributed by atoms with Crippen molar-refractivity contribution >= 4 is 0 Å². The Bertz CT molecular complexity index is 886. The standard InChI is InChI=1S/C26H31FN2/c1-3-5-7-9-20-11-13-21(14-12-20)24-18-28-26(29-19-24)23-16-15-22(25(27)17-23)10-8-6-4-2/h11-19H,3-10H2,1-2H3. The molecule has 3 rings (SSSR count). The van der Waals surface area contributed by atoms with E-state index in [2.05, 4.69) is 48.1 Å². The van der Waals surface area contributed by atoms with Crippen LogP contribution in [0.25, 0.3) is 22.5 Å². The van der Waals surface area contributed by atoms with E-state index in [4.69, 9.17) is 0 Å². The van der Waals surface area contributed by atoms with E-state index in [9.17, 15) is 4.39 Å². The van der Waals surface area contributed by atoms with Crippen molar-refractivity contribution in [1.82, 2.24) is 9.97 Å². The molecule has 0 fully saturated rings. The van der Waals surface area contributed by atoms with Crippen molar-refractivity contribution in [2.75, 3.05) is 0 Å². The minimum absolute atomic E-state index is 0.162. The molecular formula is C26H31FN2. The third-order valence-electron chi connectivity index (χ3n) is 5.37. The second-order valence-corrected chi connectivity index (χ2v) is 7.71. The molecular weight excluding hydrogens is 359 g/mol. The van der Waals surface area contributed by atoms with E-state index in [1.54, 1.807) is 6.07 Å². The summed E-state index contributed by atoms with van der Waals surface area (Å²) in [7, 11) is 0. The zero-order valence-electron chi connectivity index (χ0n) is 17.6. The van der Waals surface area contributed by atoms with Crippen LogP contribution in [-0.2, 0) is 12.8 Å². The van der Waals surface area contributed by atoms with Crippen LogP contribution in [0.4, 0.5) is 4.39 Å². The zero-order valence-corrected chi connectivity index (χ0v) is 17.6. The number of unbranched alkanes of at least 4 members (excludes halogenated alkanes) is 4. The summed E-state index contributed by atoms with van der Waals surface area (Å²) in [5, 5.41) is 0.